The number of fused-ring (bicyclic) bond motifs is 5. The third-order valence-corrected chi connectivity index (χ3v) is 3.68. The van der Waals surface area contributed by atoms with E-state index < -0.39 is 0 Å². The number of rotatable bonds is 0. The van der Waals surface area contributed by atoms with E-state index in [1.807, 2.05) is 0 Å². The van der Waals surface area contributed by atoms with Crippen LogP contribution in [0, 0.1) is 23.7 Å². The summed E-state index contributed by atoms with van der Waals surface area (Å²) in [6.07, 6.45) is 1.88. The maximum Gasteiger partial charge on any atom is 0.318 e. The van der Waals surface area contributed by atoms with Crippen molar-refractivity contribution in [1.82, 2.24) is 0 Å². The largest absolute Gasteiger partial charge is 0.393 e. The van der Waals surface area contributed by atoms with Crippen molar-refractivity contribution in [3.05, 3.63) is 12.2 Å². The molecule has 0 aromatic carbocycles. The summed E-state index contributed by atoms with van der Waals surface area (Å²) in [5.41, 5.74) is 1.14. The molecule has 0 aromatic rings. The predicted octanol–water partition coefficient (Wildman–Crippen LogP) is 0.898. The Morgan fingerprint density at radius 2 is 1.92 bits per heavy atom. The van der Waals surface area contributed by atoms with Gasteiger partial charge in [0.05, 0.1) is 11.8 Å². The van der Waals surface area contributed by atoms with Gasteiger partial charge in [-0.05, 0) is 24.7 Å². The van der Waals surface area contributed by atoms with Crippen LogP contribution in [-0.4, -0.2) is 11.9 Å². The van der Waals surface area contributed by atoms with Gasteiger partial charge in [0.15, 0.2) is 0 Å². The Balaban J connectivity index is 2.05. The summed E-state index contributed by atoms with van der Waals surface area (Å²) in [6.45, 7) is 3.94. The van der Waals surface area contributed by atoms with Crippen molar-refractivity contribution in [2.24, 2.45) is 23.7 Å². The molecule has 0 N–H and O–H groups in total. The number of esters is 2. The Kier molecular flexibility index (Phi) is 1.14. The summed E-state index contributed by atoms with van der Waals surface area (Å²) in [5, 5.41) is 0. The predicted molar refractivity (Wildman–Crippen MR) is 43.4 cm³/mol. The number of cyclic esters (lactones) is 2. The van der Waals surface area contributed by atoms with Crippen LogP contribution in [0.2, 0.25) is 0 Å². The quantitative estimate of drug-likeness (QED) is 0.314. The fourth-order valence-electron chi connectivity index (χ4n) is 3.17. The van der Waals surface area contributed by atoms with Gasteiger partial charge in [-0.25, -0.2) is 0 Å². The van der Waals surface area contributed by atoms with E-state index in [-0.39, 0.29) is 29.7 Å². The van der Waals surface area contributed by atoms with Gasteiger partial charge < -0.3 is 4.74 Å². The van der Waals surface area contributed by atoms with Crippen LogP contribution in [0.4, 0.5) is 0 Å². The molecule has 13 heavy (non-hydrogen) atoms. The van der Waals surface area contributed by atoms with Gasteiger partial charge in [0.2, 0.25) is 0 Å². The van der Waals surface area contributed by atoms with Gasteiger partial charge in [0.25, 0.3) is 0 Å². The van der Waals surface area contributed by atoms with Crippen molar-refractivity contribution in [3.8, 4) is 0 Å². The minimum absolute atomic E-state index is 0.136. The Hall–Kier alpha value is -1.12. The molecule has 3 heteroatoms. The number of hydrogen-bond donors (Lipinski definition) is 0. The molecule has 3 rings (SSSR count). The van der Waals surface area contributed by atoms with E-state index in [1.165, 1.54) is 0 Å². The van der Waals surface area contributed by atoms with Crippen LogP contribution in [0.3, 0.4) is 0 Å². The molecule has 1 heterocycles. The van der Waals surface area contributed by atoms with Gasteiger partial charge in [-0.3, -0.25) is 9.59 Å². The van der Waals surface area contributed by atoms with Crippen molar-refractivity contribution >= 4 is 11.9 Å². The molecule has 3 fully saturated rings. The summed E-state index contributed by atoms with van der Waals surface area (Å²) in [5.74, 6) is -0.365. The number of allylic oxidation sites excluding steroid dienone is 1. The van der Waals surface area contributed by atoms with Gasteiger partial charge in [-0.2, -0.15) is 0 Å². The molecule has 2 aliphatic carbocycles. The molecule has 1 aliphatic heterocycles. The van der Waals surface area contributed by atoms with E-state index in [4.69, 9.17) is 0 Å². The molecule has 1 saturated heterocycles. The van der Waals surface area contributed by atoms with Crippen LogP contribution in [0.25, 0.3) is 0 Å². The maximum absolute atomic E-state index is 11.3. The van der Waals surface area contributed by atoms with Crippen molar-refractivity contribution < 1.29 is 14.3 Å². The molecular weight excluding hydrogens is 168 g/mol. The number of carbonyl (C=O) groups is 2. The molecule has 2 saturated carbocycles. The molecule has 3 aliphatic rings. The molecule has 0 radical (unpaired) electrons. The fourth-order valence-corrected chi connectivity index (χ4v) is 3.17. The van der Waals surface area contributed by atoms with E-state index in [9.17, 15) is 9.59 Å². The smallest absolute Gasteiger partial charge is 0.318 e. The molecule has 4 unspecified atom stereocenters. The number of ether oxygens (including phenoxy) is 1. The highest BCUT2D eigenvalue weighted by Crippen LogP contribution is 2.57. The molecule has 0 aromatic heterocycles. The summed E-state index contributed by atoms with van der Waals surface area (Å²) in [4.78, 5) is 22.6. The lowest BCUT2D eigenvalue weighted by Gasteiger charge is -2.20. The van der Waals surface area contributed by atoms with Crippen LogP contribution < -0.4 is 0 Å². The highest BCUT2D eigenvalue weighted by atomic mass is 16.6. The van der Waals surface area contributed by atoms with E-state index >= 15 is 0 Å². The first-order valence-corrected chi connectivity index (χ1v) is 4.61. The number of hydrogen-bond acceptors (Lipinski definition) is 3. The lowest BCUT2D eigenvalue weighted by Crippen LogP contribution is -2.25. The summed E-state index contributed by atoms with van der Waals surface area (Å²) in [6, 6.07) is 0. The van der Waals surface area contributed by atoms with Gasteiger partial charge in [0, 0.05) is 0 Å². The molecule has 0 amide bonds. The van der Waals surface area contributed by atoms with Crippen LogP contribution in [0.15, 0.2) is 12.2 Å². The summed E-state index contributed by atoms with van der Waals surface area (Å²) < 4.78 is 4.64. The Bertz CT molecular complexity index is 331. The van der Waals surface area contributed by atoms with Crippen molar-refractivity contribution in [1.29, 1.82) is 0 Å². The average Bonchev–Trinajstić information content (AvgIpc) is 2.64. The first kappa shape index (κ1) is 7.30. The van der Waals surface area contributed by atoms with E-state index in [1.54, 1.807) is 0 Å². The highest BCUT2D eigenvalue weighted by Gasteiger charge is 2.60. The second-order valence-corrected chi connectivity index (χ2v) is 4.26. The van der Waals surface area contributed by atoms with Crippen molar-refractivity contribution in [3.63, 3.8) is 0 Å². The SMILES string of the molecule is C=C1CC2CC1C1C(=O)OC(=O)C21. The van der Waals surface area contributed by atoms with Crippen LogP contribution in [0.1, 0.15) is 12.8 Å². The minimum Gasteiger partial charge on any atom is -0.393 e. The third kappa shape index (κ3) is 0.705. The normalized spacial score (nSPS) is 46.9. The van der Waals surface area contributed by atoms with E-state index in [0.717, 1.165) is 18.4 Å². The lowest BCUT2D eigenvalue weighted by molar-refractivity contribution is -0.154. The molecule has 4 atom stereocenters. The fraction of sp³-hybridized carbons (Fsp3) is 0.600. The third-order valence-electron chi connectivity index (χ3n) is 3.68. The molecular formula is C10H10O3. The average molecular weight is 178 g/mol. The van der Waals surface area contributed by atoms with Crippen LogP contribution in [-0.2, 0) is 14.3 Å². The zero-order valence-corrected chi connectivity index (χ0v) is 7.16. The van der Waals surface area contributed by atoms with Crippen molar-refractivity contribution in [2.45, 2.75) is 12.8 Å². The second-order valence-electron chi connectivity index (χ2n) is 4.26. The van der Waals surface area contributed by atoms with Gasteiger partial charge in [0.1, 0.15) is 0 Å². The zero-order valence-electron chi connectivity index (χ0n) is 7.16. The monoisotopic (exact) mass is 178 g/mol. The topological polar surface area (TPSA) is 43.4 Å². The van der Waals surface area contributed by atoms with Crippen LogP contribution >= 0.6 is 0 Å². The van der Waals surface area contributed by atoms with Crippen molar-refractivity contribution in [2.75, 3.05) is 0 Å². The van der Waals surface area contributed by atoms with Crippen LogP contribution in [0.5, 0.6) is 0 Å². The Morgan fingerprint density at radius 3 is 2.69 bits per heavy atom. The minimum atomic E-state index is -0.316. The molecule has 2 bridgehead atoms. The van der Waals surface area contributed by atoms with Gasteiger partial charge >= 0.3 is 11.9 Å². The zero-order chi connectivity index (χ0) is 9.16. The first-order valence-electron chi connectivity index (χ1n) is 4.61. The van der Waals surface area contributed by atoms with Gasteiger partial charge in [-0.15, -0.1) is 0 Å². The summed E-state index contributed by atoms with van der Waals surface area (Å²) in [7, 11) is 0. The second kappa shape index (κ2) is 2.03. The number of carbonyl (C=O) groups excluding carboxylic acids is 2. The van der Waals surface area contributed by atoms with E-state index in [2.05, 4.69) is 11.3 Å². The molecule has 68 valence electrons. The molecule has 0 spiro atoms. The Labute approximate surface area is 75.8 Å². The maximum atomic E-state index is 11.3. The highest BCUT2D eigenvalue weighted by molar-refractivity contribution is 5.98. The first-order chi connectivity index (χ1) is 6.18. The van der Waals surface area contributed by atoms with E-state index in [0.29, 0.717) is 5.92 Å². The summed E-state index contributed by atoms with van der Waals surface area (Å²) >= 11 is 0. The Morgan fingerprint density at radius 1 is 1.23 bits per heavy atom. The standard InChI is InChI=1S/C10H10O3/c1-4-2-5-3-6(4)8-7(5)9(11)13-10(8)12/h5-8H,1-3H2. The molecule has 3 nitrogen and oxygen atoms in total. The van der Waals surface area contributed by atoms with Gasteiger partial charge in [-0.1, -0.05) is 12.2 Å². The lowest BCUT2D eigenvalue weighted by atomic mass is 9.79.